The lowest BCUT2D eigenvalue weighted by atomic mass is 9.96. The standard InChI is InChI=1S/C18H13BrN2O3S/c1-9(22)21-13-7-6-10(19)8-11(13)15(18(21)24)16-17(23)20-12-4-2-3-5-14(12)25-16/h2-8,15-16H,1H3,(H,20,23)/t15-,16+/m0/s1. The minimum atomic E-state index is -0.699. The second-order valence-corrected chi connectivity index (χ2v) is 8.00. The van der Waals surface area contributed by atoms with E-state index in [0.717, 1.165) is 15.1 Å². The van der Waals surface area contributed by atoms with Crippen LogP contribution in [0, 0.1) is 0 Å². The van der Waals surface area contributed by atoms with E-state index in [4.69, 9.17) is 0 Å². The normalized spacial score (nSPS) is 21.6. The molecular weight excluding hydrogens is 404 g/mol. The zero-order valence-electron chi connectivity index (χ0n) is 13.2. The van der Waals surface area contributed by atoms with E-state index in [1.165, 1.54) is 23.6 Å². The summed E-state index contributed by atoms with van der Waals surface area (Å²) in [5.74, 6) is -1.63. The number of carbonyl (C=O) groups excluding carboxylic acids is 3. The molecule has 0 radical (unpaired) electrons. The van der Waals surface area contributed by atoms with Crippen LogP contribution in [0.3, 0.4) is 0 Å². The Morgan fingerprint density at radius 1 is 1.20 bits per heavy atom. The molecule has 2 atom stereocenters. The molecular formula is C18H13BrN2O3S. The number of para-hydroxylation sites is 1. The van der Waals surface area contributed by atoms with Gasteiger partial charge in [0.2, 0.25) is 17.7 Å². The van der Waals surface area contributed by atoms with E-state index in [0.29, 0.717) is 11.3 Å². The first-order chi connectivity index (χ1) is 12.0. The van der Waals surface area contributed by atoms with E-state index in [1.807, 2.05) is 30.3 Å². The molecule has 0 bridgehead atoms. The fraction of sp³-hybridized carbons (Fsp3) is 0.167. The molecule has 3 amide bonds. The summed E-state index contributed by atoms with van der Waals surface area (Å²) in [7, 11) is 0. The lowest BCUT2D eigenvalue weighted by molar-refractivity contribution is -0.127. The highest BCUT2D eigenvalue weighted by atomic mass is 79.9. The molecule has 7 heteroatoms. The van der Waals surface area contributed by atoms with Crippen LogP contribution < -0.4 is 10.2 Å². The summed E-state index contributed by atoms with van der Waals surface area (Å²) in [4.78, 5) is 39.7. The van der Waals surface area contributed by atoms with Crippen LogP contribution in [-0.4, -0.2) is 23.0 Å². The summed E-state index contributed by atoms with van der Waals surface area (Å²) in [6.07, 6.45) is 0. The Balaban J connectivity index is 1.81. The zero-order valence-corrected chi connectivity index (χ0v) is 15.6. The van der Waals surface area contributed by atoms with Crippen molar-refractivity contribution in [1.82, 2.24) is 0 Å². The number of amides is 3. The summed E-state index contributed by atoms with van der Waals surface area (Å²) in [6.45, 7) is 1.36. The highest BCUT2D eigenvalue weighted by molar-refractivity contribution is 9.10. The number of hydrogen-bond donors (Lipinski definition) is 1. The monoisotopic (exact) mass is 416 g/mol. The van der Waals surface area contributed by atoms with Crippen molar-refractivity contribution in [2.24, 2.45) is 0 Å². The van der Waals surface area contributed by atoms with Crippen LogP contribution in [0.4, 0.5) is 11.4 Å². The number of benzene rings is 2. The second-order valence-electron chi connectivity index (χ2n) is 5.90. The maximum absolute atomic E-state index is 13.0. The minimum Gasteiger partial charge on any atom is -0.324 e. The Morgan fingerprint density at radius 3 is 2.72 bits per heavy atom. The SMILES string of the molecule is CC(=O)N1C(=O)[C@H]([C@H]2Sc3ccccc3NC2=O)c2cc(Br)ccc21. The summed E-state index contributed by atoms with van der Waals surface area (Å²) < 4.78 is 0.802. The molecule has 0 aromatic heterocycles. The number of rotatable bonds is 1. The van der Waals surface area contributed by atoms with Gasteiger partial charge in [0.15, 0.2) is 0 Å². The van der Waals surface area contributed by atoms with Crippen molar-refractivity contribution in [2.75, 3.05) is 10.2 Å². The molecule has 25 heavy (non-hydrogen) atoms. The molecule has 0 unspecified atom stereocenters. The number of fused-ring (bicyclic) bond motifs is 2. The van der Waals surface area contributed by atoms with Gasteiger partial charge in [-0.2, -0.15) is 0 Å². The van der Waals surface area contributed by atoms with Gasteiger partial charge in [0.05, 0.1) is 17.3 Å². The van der Waals surface area contributed by atoms with Crippen molar-refractivity contribution < 1.29 is 14.4 Å². The molecule has 5 nitrogen and oxygen atoms in total. The Labute approximate surface area is 156 Å². The van der Waals surface area contributed by atoms with Crippen LogP contribution in [0.2, 0.25) is 0 Å². The molecule has 0 saturated heterocycles. The highest BCUT2D eigenvalue weighted by Crippen LogP contribution is 2.48. The first-order valence-electron chi connectivity index (χ1n) is 7.68. The van der Waals surface area contributed by atoms with Gasteiger partial charge in [0.25, 0.3) is 0 Å². The third-order valence-corrected chi connectivity index (χ3v) is 6.17. The number of nitrogens with zero attached hydrogens (tertiary/aromatic N) is 1. The number of hydrogen-bond acceptors (Lipinski definition) is 4. The first-order valence-corrected chi connectivity index (χ1v) is 9.35. The molecule has 126 valence electrons. The lowest BCUT2D eigenvalue weighted by Gasteiger charge is -2.27. The average molecular weight is 417 g/mol. The minimum absolute atomic E-state index is 0.224. The molecule has 0 spiro atoms. The first kappa shape index (κ1) is 16.4. The highest BCUT2D eigenvalue weighted by Gasteiger charge is 2.47. The van der Waals surface area contributed by atoms with Crippen LogP contribution in [0.25, 0.3) is 0 Å². The molecule has 2 aromatic rings. The summed E-state index contributed by atoms with van der Waals surface area (Å²) in [5.41, 5.74) is 2.00. The topological polar surface area (TPSA) is 66.5 Å². The maximum atomic E-state index is 13.0. The van der Waals surface area contributed by atoms with E-state index < -0.39 is 11.2 Å². The molecule has 0 fully saturated rings. The molecule has 2 aromatic carbocycles. The van der Waals surface area contributed by atoms with Crippen molar-refractivity contribution in [1.29, 1.82) is 0 Å². The van der Waals surface area contributed by atoms with E-state index in [1.54, 1.807) is 12.1 Å². The Bertz CT molecular complexity index is 930. The van der Waals surface area contributed by atoms with Crippen LogP contribution in [0.1, 0.15) is 18.4 Å². The molecule has 0 aliphatic carbocycles. The van der Waals surface area contributed by atoms with Crippen LogP contribution in [0.5, 0.6) is 0 Å². The number of imide groups is 1. The summed E-state index contributed by atoms with van der Waals surface area (Å²) in [6, 6.07) is 12.8. The predicted molar refractivity (Wildman–Crippen MR) is 99.8 cm³/mol. The summed E-state index contributed by atoms with van der Waals surface area (Å²) in [5, 5.41) is 2.24. The van der Waals surface area contributed by atoms with Gasteiger partial charge < -0.3 is 5.32 Å². The molecule has 1 N–H and O–H groups in total. The third kappa shape index (κ3) is 2.58. The van der Waals surface area contributed by atoms with Gasteiger partial charge in [-0.15, -0.1) is 11.8 Å². The second kappa shape index (κ2) is 6.00. The van der Waals surface area contributed by atoms with Crippen molar-refractivity contribution in [3.63, 3.8) is 0 Å². The van der Waals surface area contributed by atoms with Crippen LogP contribution in [-0.2, 0) is 14.4 Å². The van der Waals surface area contributed by atoms with Gasteiger partial charge in [0, 0.05) is 16.3 Å². The van der Waals surface area contributed by atoms with Gasteiger partial charge in [-0.3, -0.25) is 14.4 Å². The smallest absolute Gasteiger partial charge is 0.243 e. The van der Waals surface area contributed by atoms with Crippen molar-refractivity contribution in [3.8, 4) is 0 Å². The fourth-order valence-corrected chi connectivity index (χ4v) is 4.89. The number of halogens is 1. The number of anilines is 2. The number of nitrogens with one attached hydrogen (secondary N) is 1. The predicted octanol–water partition coefficient (Wildman–Crippen LogP) is 3.54. The van der Waals surface area contributed by atoms with Crippen molar-refractivity contribution >= 4 is 56.8 Å². The van der Waals surface area contributed by atoms with Gasteiger partial charge in [0.1, 0.15) is 5.25 Å². The van der Waals surface area contributed by atoms with Gasteiger partial charge in [-0.05, 0) is 35.9 Å². The van der Waals surface area contributed by atoms with Gasteiger partial charge >= 0.3 is 0 Å². The van der Waals surface area contributed by atoms with E-state index in [9.17, 15) is 14.4 Å². The van der Waals surface area contributed by atoms with Crippen LogP contribution in [0.15, 0.2) is 51.8 Å². The fourth-order valence-electron chi connectivity index (χ4n) is 3.27. The number of thioether (sulfide) groups is 1. The van der Waals surface area contributed by atoms with E-state index >= 15 is 0 Å². The molecule has 2 aliphatic heterocycles. The van der Waals surface area contributed by atoms with Gasteiger partial charge in [-0.1, -0.05) is 28.1 Å². The quantitative estimate of drug-likeness (QED) is 0.771. The largest absolute Gasteiger partial charge is 0.324 e. The number of carbonyl (C=O) groups is 3. The Kier molecular flexibility index (Phi) is 3.92. The Hall–Kier alpha value is -2.12. The van der Waals surface area contributed by atoms with Crippen molar-refractivity contribution in [2.45, 2.75) is 23.0 Å². The summed E-state index contributed by atoms with van der Waals surface area (Å²) >= 11 is 4.78. The van der Waals surface area contributed by atoms with Crippen LogP contribution >= 0.6 is 27.7 Å². The lowest BCUT2D eigenvalue weighted by Crippen LogP contribution is -2.40. The van der Waals surface area contributed by atoms with E-state index in [2.05, 4.69) is 21.2 Å². The third-order valence-electron chi connectivity index (χ3n) is 4.33. The molecule has 2 aliphatic rings. The average Bonchev–Trinajstić information content (AvgIpc) is 2.85. The molecule has 4 rings (SSSR count). The van der Waals surface area contributed by atoms with Crippen molar-refractivity contribution in [3.05, 3.63) is 52.5 Å². The zero-order chi connectivity index (χ0) is 17.7. The molecule has 2 heterocycles. The molecule has 0 saturated carbocycles. The van der Waals surface area contributed by atoms with E-state index in [-0.39, 0.29) is 17.7 Å². The Morgan fingerprint density at radius 2 is 1.96 bits per heavy atom. The maximum Gasteiger partial charge on any atom is 0.243 e. The van der Waals surface area contributed by atoms with Gasteiger partial charge in [-0.25, -0.2) is 4.90 Å².